The van der Waals surface area contributed by atoms with Crippen LogP contribution in [-0.4, -0.2) is 19.4 Å². The summed E-state index contributed by atoms with van der Waals surface area (Å²) in [6, 6.07) is 0. The minimum atomic E-state index is -0.0541. The van der Waals surface area contributed by atoms with Crippen molar-refractivity contribution < 1.29 is 14.3 Å². The van der Waals surface area contributed by atoms with Crippen LogP contribution in [0.4, 0.5) is 0 Å². The molecule has 0 radical (unpaired) electrons. The van der Waals surface area contributed by atoms with Crippen LogP contribution in [0, 0.1) is 23.7 Å². The van der Waals surface area contributed by atoms with E-state index in [1.54, 1.807) is 0 Å². The van der Waals surface area contributed by atoms with Crippen LogP contribution in [0.3, 0.4) is 0 Å². The number of rotatable bonds is 7. The fourth-order valence-electron chi connectivity index (χ4n) is 2.80. The van der Waals surface area contributed by atoms with Crippen LogP contribution in [0.1, 0.15) is 53.4 Å². The van der Waals surface area contributed by atoms with Crippen LogP contribution >= 0.6 is 0 Å². The molecule has 3 nitrogen and oxygen atoms in total. The van der Waals surface area contributed by atoms with E-state index in [0.29, 0.717) is 24.4 Å². The number of hydrogen-bond acceptors (Lipinski definition) is 3. The van der Waals surface area contributed by atoms with E-state index in [1.165, 1.54) is 12.8 Å². The molecule has 0 saturated heterocycles. The lowest BCUT2D eigenvalue weighted by molar-refractivity contribution is -0.163. The van der Waals surface area contributed by atoms with E-state index in [-0.39, 0.29) is 18.7 Å². The van der Waals surface area contributed by atoms with Crippen LogP contribution < -0.4 is 0 Å². The highest BCUT2D eigenvalue weighted by molar-refractivity contribution is 5.73. The summed E-state index contributed by atoms with van der Waals surface area (Å²) >= 11 is 0. The van der Waals surface area contributed by atoms with Gasteiger partial charge in [0.05, 0.1) is 12.5 Å². The van der Waals surface area contributed by atoms with Gasteiger partial charge in [-0.1, -0.05) is 40.5 Å². The SMILES string of the molecule is CCC1CC(CC)C(C(=O)OCOCC(C)C)C1. The molecule has 0 aromatic heterocycles. The normalized spacial score (nSPS) is 27.7. The van der Waals surface area contributed by atoms with Gasteiger partial charge in [0.1, 0.15) is 0 Å². The third-order valence-corrected chi connectivity index (χ3v) is 3.93. The molecule has 0 aliphatic heterocycles. The van der Waals surface area contributed by atoms with E-state index in [2.05, 4.69) is 27.7 Å². The molecule has 1 aliphatic rings. The van der Waals surface area contributed by atoms with Gasteiger partial charge in [0.15, 0.2) is 6.79 Å². The quantitative estimate of drug-likeness (QED) is 0.396. The van der Waals surface area contributed by atoms with E-state index < -0.39 is 0 Å². The van der Waals surface area contributed by atoms with Gasteiger partial charge < -0.3 is 9.47 Å². The molecule has 1 rings (SSSR count). The predicted molar refractivity (Wildman–Crippen MR) is 72.0 cm³/mol. The molecule has 0 heterocycles. The van der Waals surface area contributed by atoms with Crippen molar-refractivity contribution in [3.63, 3.8) is 0 Å². The first-order valence-electron chi connectivity index (χ1n) is 7.32. The van der Waals surface area contributed by atoms with Crippen molar-refractivity contribution in [2.45, 2.75) is 53.4 Å². The Bertz CT molecular complexity index is 250. The van der Waals surface area contributed by atoms with E-state index >= 15 is 0 Å². The zero-order chi connectivity index (χ0) is 13.5. The molecule has 0 amide bonds. The molecule has 0 aromatic carbocycles. The lowest BCUT2D eigenvalue weighted by atomic mass is 9.94. The maximum absolute atomic E-state index is 12.0. The second-order valence-corrected chi connectivity index (χ2v) is 5.87. The van der Waals surface area contributed by atoms with Gasteiger partial charge in [-0.3, -0.25) is 4.79 Å². The van der Waals surface area contributed by atoms with Crippen molar-refractivity contribution >= 4 is 5.97 Å². The number of hydrogen-bond donors (Lipinski definition) is 0. The number of carbonyl (C=O) groups is 1. The molecule has 1 fully saturated rings. The largest absolute Gasteiger partial charge is 0.438 e. The Kier molecular flexibility index (Phi) is 6.69. The summed E-state index contributed by atoms with van der Waals surface area (Å²) in [7, 11) is 0. The fourth-order valence-corrected chi connectivity index (χ4v) is 2.80. The monoisotopic (exact) mass is 256 g/mol. The van der Waals surface area contributed by atoms with Crippen molar-refractivity contribution in [3.8, 4) is 0 Å². The predicted octanol–water partition coefficient (Wildman–Crippen LogP) is 3.62. The third-order valence-electron chi connectivity index (χ3n) is 3.93. The number of esters is 1. The minimum Gasteiger partial charge on any atom is -0.438 e. The lowest BCUT2D eigenvalue weighted by Gasteiger charge is -2.16. The van der Waals surface area contributed by atoms with Gasteiger partial charge in [-0.2, -0.15) is 0 Å². The highest BCUT2D eigenvalue weighted by Gasteiger charge is 2.37. The minimum absolute atomic E-state index is 0.0541. The Morgan fingerprint density at radius 3 is 2.50 bits per heavy atom. The summed E-state index contributed by atoms with van der Waals surface area (Å²) in [5.41, 5.74) is 0. The molecule has 1 aliphatic carbocycles. The molecule has 1 saturated carbocycles. The molecule has 0 N–H and O–H groups in total. The van der Waals surface area contributed by atoms with Gasteiger partial charge in [-0.05, 0) is 30.6 Å². The van der Waals surface area contributed by atoms with Gasteiger partial charge >= 0.3 is 5.97 Å². The average molecular weight is 256 g/mol. The number of ether oxygens (including phenoxy) is 2. The van der Waals surface area contributed by atoms with Gasteiger partial charge in [0.2, 0.25) is 0 Å². The fraction of sp³-hybridized carbons (Fsp3) is 0.933. The molecule has 3 heteroatoms. The van der Waals surface area contributed by atoms with E-state index in [9.17, 15) is 4.79 Å². The highest BCUT2D eigenvalue weighted by atomic mass is 16.7. The van der Waals surface area contributed by atoms with Crippen molar-refractivity contribution in [2.75, 3.05) is 13.4 Å². The van der Waals surface area contributed by atoms with Crippen LogP contribution in [0.2, 0.25) is 0 Å². The topological polar surface area (TPSA) is 35.5 Å². The van der Waals surface area contributed by atoms with Crippen molar-refractivity contribution in [1.29, 1.82) is 0 Å². The lowest BCUT2D eigenvalue weighted by Crippen LogP contribution is -2.22. The van der Waals surface area contributed by atoms with Crippen molar-refractivity contribution in [1.82, 2.24) is 0 Å². The standard InChI is InChI=1S/C15H28O3/c1-5-12-7-13(6-2)14(8-12)15(16)18-10-17-9-11(3)4/h11-14H,5-10H2,1-4H3. The first kappa shape index (κ1) is 15.5. The Morgan fingerprint density at radius 2 is 1.94 bits per heavy atom. The Labute approximate surface area is 111 Å². The molecule has 18 heavy (non-hydrogen) atoms. The van der Waals surface area contributed by atoms with Crippen molar-refractivity contribution in [2.24, 2.45) is 23.7 Å². The summed E-state index contributed by atoms with van der Waals surface area (Å²) in [5, 5.41) is 0. The van der Waals surface area contributed by atoms with Gasteiger partial charge in [0, 0.05) is 0 Å². The molecule has 3 unspecified atom stereocenters. The maximum atomic E-state index is 12.0. The maximum Gasteiger partial charge on any atom is 0.311 e. The molecular formula is C15H28O3. The van der Waals surface area contributed by atoms with Gasteiger partial charge in [-0.25, -0.2) is 0 Å². The van der Waals surface area contributed by atoms with Crippen LogP contribution in [-0.2, 0) is 14.3 Å². The Hall–Kier alpha value is -0.570. The zero-order valence-electron chi connectivity index (χ0n) is 12.3. The first-order valence-corrected chi connectivity index (χ1v) is 7.32. The Balaban J connectivity index is 2.31. The zero-order valence-corrected chi connectivity index (χ0v) is 12.3. The smallest absolute Gasteiger partial charge is 0.311 e. The van der Waals surface area contributed by atoms with Crippen LogP contribution in [0.5, 0.6) is 0 Å². The van der Waals surface area contributed by atoms with E-state index in [4.69, 9.17) is 9.47 Å². The molecule has 0 bridgehead atoms. The molecular weight excluding hydrogens is 228 g/mol. The summed E-state index contributed by atoms with van der Waals surface area (Å²) in [4.78, 5) is 12.0. The summed E-state index contributed by atoms with van der Waals surface area (Å²) < 4.78 is 10.5. The van der Waals surface area contributed by atoms with E-state index in [0.717, 1.165) is 12.8 Å². The second kappa shape index (κ2) is 7.78. The Morgan fingerprint density at radius 1 is 1.22 bits per heavy atom. The second-order valence-electron chi connectivity index (χ2n) is 5.87. The van der Waals surface area contributed by atoms with Gasteiger partial charge in [0.25, 0.3) is 0 Å². The highest BCUT2D eigenvalue weighted by Crippen LogP contribution is 2.40. The summed E-state index contributed by atoms with van der Waals surface area (Å²) in [6.45, 7) is 9.29. The van der Waals surface area contributed by atoms with Crippen LogP contribution in [0.15, 0.2) is 0 Å². The molecule has 0 aromatic rings. The van der Waals surface area contributed by atoms with Crippen molar-refractivity contribution in [3.05, 3.63) is 0 Å². The average Bonchev–Trinajstić information content (AvgIpc) is 2.77. The van der Waals surface area contributed by atoms with E-state index in [1.807, 2.05) is 0 Å². The first-order chi connectivity index (χ1) is 8.58. The number of carbonyl (C=O) groups excluding carboxylic acids is 1. The molecule has 3 atom stereocenters. The van der Waals surface area contributed by atoms with Gasteiger partial charge in [-0.15, -0.1) is 0 Å². The molecule has 106 valence electrons. The van der Waals surface area contributed by atoms with Crippen LogP contribution in [0.25, 0.3) is 0 Å². The molecule has 0 spiro atoms. The summed E-state index contributed by atoms with van der Waals surface area (Å²) in [5.74, 6) is 1.73. The summed E-state index contributed by atoms with van der Waals surface area (Å²) in [6.07, 6.45) is 4.42. The third kappa shape index (κ3) is 4.60.